The van der Waals surface area contributed by atoms with Gasteiger partial charge in [0, 0.05) is 12.1 Å². The minimum absolute atomic E-state index is 0.210. The van der Waals surface area contributed by atoms with Gasteiger partial charge in [-0.2, -0.15) is 0 Å². The lowest BCUT2D eigenvalue weighted by molar-refractivity contribution is 0.0924. The highest BCUT2D eigenvalue weighted by Crippen LogP contribution is 2.39. The first-order valence-electron chi connectivity index (χ1n) is 11.4. The van der Waals surface area contributed by atoms with Gasteiger partial charge in [0.1, 0.15) is 5.75 Å². The number of imide groups is 1. The van der Waals surface area contributed by atoms with Gasteiger partial charge in [0.2, 0.25) is 0 Å². The van der Waals surface area contributed by atoms with Crippen LogP contribution in [-0.2, 0) is 6.42 Å². The molecule has 0 fully saturated rings. The Morgan fingerprint density at radius 3 is 2.38 bits per heavy atom. The Labute approximate surface area is 198 Å². The van der Waals surface area contributed by atoms with E-state index >= 15 is 0 Å². The minimum Gasteiger partial charge on any atom is -0.495 e. The predicted octanol–water partition coefficient (Wildman–Crippen LogP) is 5.01. The average molecular weight is 455 g/mol. The van der Waals surface area contributed by atoms with Gasteiger partial charge in [0.05, 0.1) is 29.6 Å². The summed E-state index contributed by atoms with van der Waals surface area (Å²) >= 11 is 0. The van der Waals surface area contributed by atoms with Gasteiger partial charge < -0.3 is 9.64 Å². The Kier molecular flexibility index (Phi) is 5.24. The van der Waals surface area contributed by atoms with E-state index in [9.17, 15) is 14.4 Å². The minimum atomic E-state index is -0.407. The molecule has 3 aromatic rings. The number of nitrogens with zero attached hydrogens (tertiary/aromatic N) is 2. The van der Waals surface area contributed by atoms with Crippen molar-refractivity contribution in [1.82, 2.24) is 0 Å². The fourth-order valence-electron chi connectivity index (χ4n) is 4.93. The van der Waals surface area contributed by atoms with Crippen molar-refractivity contribution in [1.29, 1.82) is 0 Å². The van der Waals surface area contributed by atoms with Crippen molar-refractivity contribution in [3.8, 4) is 5.75 Å². The average Bonchev–Trinajstić information content (AvgIpc) is 3.09. The van der Waals surface area contributed by atoms with E-state index in [1.54, 1.807) is 30.2 Å². The van der Waals surface area contributed by atoms with E-state index in [-0.39, 0.29) is 17.4 Å². The number of benzene rings is 3. The van der Waals surface area contributed by atoms with Gasteiger partial charge in [0.15, 0.2) is 0 Å². The van der Waals surface area contributed by atoms with Crippen LogP contribution in [0.2, 0.25) is 0 Å². The lowest BCUT2D eigenvalue weighted by Gasteiger charge is -2.32. The smallest absolute Gasteiger partial charge is 0.266 e. The molecule has 3 aromatic carbocycles. The van der Waals surface area contributed by atoms with Crippen molar-refractivity contribution in [2.45, 2.75) is 33.6 Å². The van der Waals surface area contributed by atoms with Crippen LogP contribution >= 0.6 is 0 Å². The molecule has 3 amide bonds. The summed E-state index contributed by atoms with van der Waals surface area (Å²) in [6, 6.07) is 14.3. The van der Waals surface area contributed by atoms with Crippen LogP contribution in [-0.4, -0.2) is 31.4 Å². The number of amides is 3. The second-order valence-electron chi connectivity index (χ2n) is 8.97. The van der Waals surface area contributed by atoms with Crippen LogP contribution in [0.5, 0.6) is 5.75 Å². The molecule has 0 saturated heterocycles. The molecule has 172 valence electrons. The van der Waals surface area contributed by atoms with E-state index in [2.05, 4.69) is 0 Å². The number of fused-ring (bicyclic) bond motifs is 2. The van der Waals surface area contributed by atoms with Crippen LogP contribution in [0.1, 0.15) is 59.7 Å². The maximum Gasteiger partial charge on any atom is 0.266 e. The van der Waals surface area contributed by atoms with Crippen molar-refractivity contribution in [2.75, 3.05) is 23.5 Å². The summed E-state index contributed by atoms with van der Waals surface area (Å²) in [6.45, 7) is 6.39. The summed E-state index contributed by atoms with van der Waals surface area (Å²) < 4.78 is 5.57. The zero-order valence-corrected chi connectivity index (χ0v) is 19.8. The largest absolute Gasteiger partial charge is 0.495 e. The molecule has 0 N–H and O–H groups in total. The SMILES string of the molecule is COc1ccc(C)c2c1N(C(=O)c1ccc3c(c1)C(=O)N(c1cc(C)ccc1C)C3=O)CCC2. The second-order valence-corrected chi connectivity index (χ2v) is 8.97. The third kappa shape index (κ3) is 3.29. The Morgan fingerprint density at radius 2 is 1.62 bits per heavy atom. The van der Waals surface area contributed by atoms with Crippen molar-refractivity contribution >= 4 is 29.1 Å². The van der Waals surface area contributed by atoms with Crippen LogP contribution in [0.3, 0.4) is 0 Å². The maximum absolute atomic E-state index is 13.6. The zero-order chi connectivity index (χ0) is 24.1. The molecule has 6 nitrogen and oxygen atoms in total. The lowest BCUT2D eigenvalue weighted by Crippen LogP contribution is -2.36. The normalized spacial score (nSPS) is 14.8. The molecule has 2 heterocycles. The van der Waals surface area contributed by atoms with Crippen molar-refractivity contribution in [3.05, 3.63) is 87.5 Å². The Balaban J connectivity index is 1.54. The van der Waals surface area contributed by atoms with Gasteiger partial charge >= 0.3 is 0 Å². The molecule has 2 aliphatic rings. The Bertz CT molecular complexity index is 1380. The fraction of sp³-hybridized carbons (Fsp3) is 0.250. The number of aryl methyl sites for hydroxylation is 3. The van der Waals surface area contributed by atoms with E-state index in [0.717, 1.165) is 40.8 Å². The number of hydrogen-bond acceptors (Lipinski definition) is 4. The number of methoxy groups -OCH3 is 1. The van der Waals surface area contributed by atoms with Crippen LogP contribution < -0.4 is 14.5 Å². The second kappa shape index (κ2) is 8.13. The van der Waals surface area contributed by atoms with Crippen molar-refractivity contribution in [2.24, 2.45) is 0 Å². The predicted molar refractivity (Wildman–Crippen MR) is 131 cm³/mol. The van der Waals surface area contributed by atoms with Crippen LogP contribution in [0.4, 0.5) is 11.4 Å². The number of carbonyl (C=O) groups is 3. The molecular formula is C28H26N2O4. The molecule has 0 spiro atoms. The zero-order valence-electron chi connectivity index (χ0n) is 19.8. The summed E-state index contributed by atoms with van der Waals surface area (Å²) in [4.78, 5) is 43.0. The van der Waals surface area contributed by atoms with Crippen LogP contribution in [0.15, 0.2) is 48.5 Å². The molecule has 0 bridgehead atoms. The molecule has 34 heavy (non-hydrogen) atoms. The summed E-state index contributed by atoms with van der Waals surface area (Å²) in [5.41, 5.74) is 6.33. The van der Waals surface area contributed by atoms with Gasteiger partial charge in [-0.05, 0) is 86.2 Å². The highest BCUT2D eigenvalue weighted by atomic mass is 16.5. The maximum atomic E-state index is 13.6. The summed E-state index contributed by atoms with van der Waals surface area (Å²) in [5.74, 6) is -0.329. The quantitative estimate of drug-likeness (QED) is 0.522. The van der Waals surface area contributed by atoms with E-state index in [1.807, 2.05) is 51.1 Å². The number of hydrogen-bond donors (Lipinski definition) is 0. The lowest BCUT2D eigenvalue weighted by atomic mass is 9.95. The van der Waals surface area contributed by atoms with Crippen molar-refractivity contribution < 1.29 is 19.1 Å². The van der Waals surface area contributed by atoms with Gasteiger partial charge in [0.25, 0.3) is 17.7 Å². The molecule has 0 atom stereocenters. The molecular weight excluding hydrogens is 428 g/mol. The van der Waals surface area contributed by atoms with Gasteiger partial charge in [-0.3, -0.25) is 14.4 Å². The number of carbonyl (C=O) groups excluding carboxylic acids is 3. The fourth-order valence-corrected chi connectivity index (χ4v) is 4.93. The summed E-state index contributed by atoms with van der Waals surface area (Å²) in [6.07, 6.45) is 1.72. The molecule has 0 aliphatic carbocycles. The highest BCUT2D eigenvalue weighted by Gasteiger charge is 2.38. The van der Waals surface area contributed by atoms with Gasteiger partial charge in [-0.15, -0.1) is 0 Å². The van der Waals surface area contributed by atoms with Crippen molar-refractivity contribution in [3.63, 3.8) is 0 Å². The van der Waals surface area contributed by atoms with Gasteiger partial charge in [-0.25, -0.2) is 4.90 Å². The van der Waals surface area contributed by atoms with Crippen LogP contribution in [0.25, 0.3) is 0 Å². The third-order valence-corrected chi connectivity index (χ3v) is 6.76. The van der Waals surface area contributed by atoms with E-state index in [1.165, 1.54) is 4.90 Å². The first-order valence-corrected chi connectivity index (χ1v) is 11.4. The Hall–Kier alpha value is -3.93. The molecule has 0 aromatic heterocycles. The summed E-state index contributed by atoms with van der Waals surface area (Å²) in [7, 11) is 1.60. The standard InChI is InChI=1S/C28H26N2O4/c1-16-7-8-18(3)23(14-16)30-27(32)21-11-10-19(15-22(21)28(30)33)26(31)29-13-5-6-20-17(2)9-12-24(34-4)25(20)29/h7-12,14-15H,5-6,13H2,1-4H3. The number of anilines is 2. The highest BCUT2D eigenvalue weighted by molar-refractivity contribution is 6.35. The molecule has 0 unspecified atom stereocenters. The van der Waals surface area contributed by atoms with Crippen LogP contribution in [0, 0.1) is 20.8 Å². The first kappa shape index (κ1) is 21.9. The molecule has 6 heteroatoms. The van der Waals surface area contributed by atoms with E-state index < -0.39 is 5.91 Å². The summed E-state index contributed by atoms with van der Waals surface area (Å²) in [5, 5.41) is 0. The monoisotopic (exact) mass is 454 g/mol. The first-order chi connectivity index (χ1) is 16.3. The van der Waals surface area contributed by atoms with Gasteiger partial charge in [-0.1, -0.05) is 18.2 Å². The molecule has 0 radical (unpaired) electrons. The number of ether oxygens (including phenoxy) is 1. The van der Waals surface area contributed by atoms with E-state index in [4.69, 9.17) is 4.74 Å². The third-order valence-electron chi connectivity index (χ3n) is 6.76. The topological polar surface area (TPSA) is 66.9 Å². The van der Waals surface area contributed by atoms with E-state index in [0.29, 0.717) is 29.1 Å². The molecule has 5 rings (SSSR count). The number of rotatable bonds is 3. The Morgan fingerprint density at radius 1 is 0.882 bits per heavy atom. The molecule has 2 aliphatic heterocycles. The molecule has 0 saturated carbocycles.